The molecule has 0 spiro atoms. The molecule has 6 nitrogen and oxygen atoms in total. The highest BCUT2D eigenvalue weighted by Crippen LogP contribution is 2.28. The molecule has 0 unspecified atom stereocenters. The molecule has 7 heteroatoms. The van der Waals surface area contributed by atoms with Gasteiger partial charge in [-0.3, -0.25) is 4.99 Å². The molecule has 0 atom stereocenters. The number of halogens is 1. The second-order valence-electron chi connectivity index (χ2n) is 5.22. The summed E-state index contributed by atoms with van der Waals surface area (Å²) >= 11 is 0. The number of ether oxygens (including phenoxy) is 2. The molecule has 0 bridgehead atoms. The summed E-state index contributed by atoms with van der Waals surface area (Å²) in [5, 5.41) is 3.05. The Balaban J connectivity index is 0.00000312. The van der Waals surface area contributed by atoms with E-state index in [0.29, 0.717) is 18.3 Å². The maximum atomic E-state index is 5.97. The van der Waals surface area contributed by atoms with Crippen LogP contribution in [0.4, 0.5) is 11.4 Å². The Labute approximate surface area is 166 Å². The minimum absolute atomic E-state index is 0. The molecule has 0 aliphatic rings. The van der Waals surface area contributed by atoms with Gasteiger partial charge in [0.05, 0.1) is 26.5 Å². The van der Waals surface area contributed by atoms with Gasteiger partial charge in [0.2, 0.25) is 0 Å². The smallest absolute Gasteiger partial charge is 0.193 e. The molecule has 0 saturated carbocycles. The number of likely N-dealkylation sites (N-methyl/N-ethyl adjacent to an activating group) is 1. The molecule has 0 radical (unpaired) electrons. The zero-order valence-corrected chi connectivity index (χ0v) is 17.1. The van der Waals surface area contributed by atoms with Gasteiger partial charge < -0.3 is 25.4 Å². The van der Waals surface area contributed by atoms with Crippen molar-refractivity contribution in [3.8, 4) is 11.5 Å². The molecule has 0 saturated heterocycles. The first-order valence-electron chi connectivity index (χ1n) is 7.69. The quantitative estimate of drug-likeness (QED) is 0.381. The fourth-order valence-corrected chi connectivity index (χ4v) is 2.22. The number of hydrogen-bond acceptors (Lipinski definition) is 4. The lowest BCUT2D eigenvalue weighted by Gasteiger charge is -2.18. The van der Waals surface area contributed by atoms with Gasteiger partial charge in [-0.1, -0.05) is 18.2 Å². The zero-order chi connectivity index (χ0) is 17.4. The molecular formula is C18H25IN4O2. The van der Waals surface area contributed by atoms with Crippen LogP contribution in [-0.2, 0) is 0 Å². The molecule has 0 aliphatic heterocycles. The van der Waals surface area contributed by atoms with Gasteiger partial charge in [0, 0.05) is 25.3 Å². The van der Waals surface area contributed by atoms with Crippen LogP contribution in [-0.4, -0.2) is 40.3 Å². The maximum absolute atomic E-state index is 5.97. The molecule has 0 aliphatic carbocycles. The van der Waals surface area contributed by atoms with Gasteiger partial charge in [0.25, 0.3) is 0 Å². The molecule has 136 valence electrons. The average Bonchev–Trinajstić information content (AvgIpc) is 2.62. The van der Waals surface area contributed by atoms with Crippen LogP contribution < -0.4 is 25.4 Å². The van der Waals surface area contributed by atoms with Gasteiger partial charge in [-0.05, 0) is 24.3 Å². The van der Waals surface area contributed by atoms with Crippen LogP contribution in [0.1, 0.15) is 0 Å². The van der Waals surface area contributed by atoms with Gasteiger partial charge in [-0.2, -0.15) is 0 Å². The van der Waals surface area contributed by atoms with E-state index in [-0.39, 0.29) is 24.0 Å². The Morgan fingerprint density at radius 2 is 1.84 bits per heavy atom. The van der Waals surface area contributed by atoms with Gasteiger partial charge in [-0.25, -0.2) is 0 Å². The third-order valence-electron chi connectivity index (χ3n) is 3.58. The monoisotopic (exact) mass is 456 g/mol. The van der Waals surface area contributed by atoms with E-state index in [2.05, 4.69) is 27.3 Å². The normalized spacial score (nSPS) is 10.6. The summed E-state index contributed by atoms with van der Waals surface area (Å²) in [5.74, 6) is 1.73. The van der Waals surface area contributed by atoms with Crippen LogP contribution in [0.2, 0.25) is 0 Å². The largest absolute Gasteiger partial charge is 0.497 e. The lowest BCUT2D eigenvalue weighted by Crippen LogP contribution is -2.26. The van der Waals surface area contributed by atoms with Crippen molar-refractivity contribution in [2.75, 3.05) is 44.6 Å². The Morgan fingerprint density at radius 3 is 2.48 bits per heavy atom. The van der Waals surface area contributed by atoms with Crippen LogP contribution in [0.25, 0.3) is 0 Å². The highest BCUT2D eigenvalue weighted by Gasteiger charge is 2.06. The van der Waals surface area contributed by atoms with Crippen molar-refractivity contribution in [3.05, 3.63) is 48.5 Å². The Morgan fingerprint density at radius 1 is 1.12 bits per heavy atom. The third kappa shape index (κ3) is 6.33. The van der Waals surface area contributed by atoms with Crippen molar-refractivity contribution in [1.29, 1.82) is 0 Å². The number of nitrogens with two attached hydrogens (primary N) is 1. The molecule has 0 heterocycles. The predicted molar refractivity (Wildman–Crippen MR) is 115 cm³/mol. The second-order valence-corrected chi connectivity index (χ2v) is 5.22. The lowest BCUT2D eigenvalue weighted by molar-refractivity contribution is 0.405. The average molecular weight is 456 g/mol. The third-order valence-corrected chi connectivity index (χ3v) is 3.58. The van der Waals surface area contributed by atoms with Crippen LogP contribution in [0.5, 0.6) is 11.5 Å². The highest BCUT2D eigenvalue weighted by molar-refractivity contribution is 14.0. The summed E-state index contributed by atoms with van der Waals surface area (Å²) in [4.78, 5) is 6.49. The fraction of sp³-hybridized carbons (Fsp3) is 0.278. The molecule has 0 aromatic heterocycles. The molecule has 3 N–H and O–H groups in total. The van der Waals surface area contributed by atoms with Crippen molar-refractivity contribution in [2.24, 2.45) is 10.7 Å². The number of guanidine groups is 1. The van der Waals surface area contributed by atoms with E-state index >= 15 is 0 Å². The molecule has 0 fully saturated rings. The van der Waals surface area contributed by atoms with Crippen LogP contribution in [0, 0.1) is 0 Å². The van der Waals surface area contributed by atoms with Gasteiger partial charge >= 0.3 is 0 Å². The van der Waals surface area contributed by atoms with E-state index in [4.69, 9.17) is 15.2 Å². The summed E-state index contributed by atoms with van der Waals surface area (Å²) in [6.07, 6.45) is 0. The SMILES string of the molecule is COc1ccc(OC)c(NC(N)=NCCN(C)c2ccccc2)c1.I. The molecule has 0 amide bonds. The van der Waals surface area contributed by atoms with E-state index in [1.54, 1.807) is 14.2 Å². The number of nitrogens with zero attached hydrogens (tertiary/aromatic N) is 2. The summed E-state index contributed by atoms with van der Waals surface area (Å²) in [6.45, 7) is 1.35. The van der Waals surface area contributed by atoms with Crippen LogP contribution in [0.3, 0.4) is 0 Å². The molecule has 2 rings (SSSR count). The first-order valence-corrected chi connectivity index (χ1v) is 7.69. The number of aliphatic imine (C=N–C) groups is 1. The number of rotatable bonds is 7. The standard InChI is InChI=1S/C18H24N4O2.HI/c1-22(14-7-5-4-6-8-14)12-11-20-18(19)21-16-13-15(23-2)9-10-17(16)24-3;/h4-10,13H,11-12H2,1-3H3,(H3,19,20,21);1H. The minimum Gasteiger partial charge on any atom is -0.497 e. The van der Waals surface area contributed by atoms with Gasteiger partial charge in [0.15, 0.2) is 5.96 Å². The summed E-state index contributed by atoms with van der Waals surface area (Å²) in [7, 11) is 5.25. The van der Waals surface area contributed by atoms with Crippen molar-refractivity contribution in [1.82, 2.24) is 0 Å². The second kappa shape index (κ2) is 10.7. The van der Waals surface area contributed by atoms with Crippen molar-refractivity contribution >= 4 is 41.3 Å². The summed E-state index contributed by atoms with van der Waals surface area (Å²) in [6, 6.07) is 15.6. The number of hydrogen-bond donors (Lipinski definition) is 2. The minimum atomic E-state index is 0. The number of methoxy groups -OCH3 is 2. The summed E-state index contributed by atoms with van der Waals surface area (Å²) in [5.41, 5.74) is 7.83. The first kappa shape index (κ1) is 20.9. The van der Waals surface area contributed by atoms with Gasteiger partial charge in [0.1, 0.15) is 11.5 Å². The van der Waals surface area contributed by atoms with E-state index < -0.39 is 0 Å². The number of benzene rings is 2. The van der Waals surface area contributed by atoms with E-state index in [1.165, 1.54) is 0 Å². The number of nitrogens with one attached hydrogen (secondary N) is 1. The van der Waals surface area contributed by atoms with Crippen LogP contribution >= 0.6 is 24.0 Å². The van der Waals surface area contributed by atoms with E-state index in [9.17, 15) is 0 Å². The zero-order valence-electron chi connectivity index (χ0n) is 14.7. The number of anilines is 2. The highest BCUT2D eigenvalue weighted by atomic mass is 127. The molecule has 2 aromatic rings. The van der Waals surface area contributed by atoms with Crippen molar-refractivity contribution < 1.29 is 9.47 Å². The Kier molecular flexibility index (Phi) is 8.90. The molecular weight excluding hydrogens is 431 g/mol. The van der Waals surface area contributed by atoms with Gasteiger partial charge in [-0.15, -0.1) is 24.0 Å². The molecule has 25 heavy (non-hydrogen) atoms. The maximum Gasteiger partial charge on any atom is 0.193 e. The Hall–Kier alpha value is -2.16. The number of para-hydroxylation sites is 1. The van der Waals surface area contributed by atoms with E-state index in [1.807, 2.05) is 43.4 Å². The molecule has 2 aromatic carbocycles. The topological polar surface area (TPSA) is 72.1 Å². The van der Waals surface area contributed by atoms with Crippen molar-refractivity contribution in [2.45, 2.75) is 0 Å². The fourth-order valence-electron chi connectivity index (χ4n) is 2.22. The van der Waals surface area contributed by atoms with Crippen molar-refractivity contribution in [3.63, 3.8) is 0 Å². The first-order chi connectivity index (χ1) is 11.6. The predicted octanol–water partition coefficient (Wildman–Crippen LogP) is 3.18. The lowest BCUT2D eigenvalue weighted by atomic mass is 10.2. The summed E-state index contributed by atoms with van der Waals surface area (Å²) < 4.78 is 10.5. The van der Waals surface area contributed by atoms with E-state index in [0.717, 1.165) is 23.7 Å². The van der Waals surface area contributed by atoms with Crippen LogP contribution in [0.15, 0.2) is 53.5 Å². The Bertz CT molecular complexity index is 680.